The van der Waals surface area contributed by atoms with Crippen LogP contribution in [0.3, 0.4) is 0 Å². The number of nitrogens with zero attached hydrogens (tertiary/aromatic N) is 1. The Morgan fingerprint density at radius 2 is 2.00 bits per heavy atom. The van der Waals surface area contributed by atoms with Crippen LogP contribution in [-0.4, -0.2) is 39.4 Å². The summed E-state index contributed by atoms with van der Waals surface area (Å²) >= 11 is 1.62. The van der Waals surface area contributed by atoms with E-state index in [1.54, 1.807) is 24.1 Å². The molecule has 0 spiro atoms. The predicted molar refractivity (Wildman–Crippen MR) is 106 cm³/mol. The van der Waals surface area contributed by atoms with Gasteiger partial charge in [-0.05, 0) is 42.5 Å². The molecule has 1 aromatic carbocycles. The fourth-order valence-electron chi connectivity index (χ4n) is 2.39. The van der Waals surface area contributed by atoms with Crippen molar-refractivity contribution in [3.63, 3.8) is 0 Å². The number of carbonyl (C=O) groups is 1. The van der Waals surface area contributed by atoms with Gasteiger partial charge in [-0.2, -0.15) is 24.9 Å². The van der Waals surface area contributed by atoms with Crippen molar-refractivity contribution >= 4 is 33.4 Å². The Morgan fingerprint density at radius 3 is 2.62 bits per heavy atom. The minimum atomic E-state index is -4.62. The number of hydrogen-bond donors (Lipinski definition) is 1. The van der Waals surface area contributed by atoms with E-state index in [2.05, 4.69) is 5.32 Å². The normalized spacial score (nSPS) is 12.0. The molecule has 6 nitrogen and oxygen atoms in total. The van der Waals surface area contributed by atoms with Crippen molar-refractivity contribution in [3.05, 3.63) is 54.0 Å². The van der Waals surface area contributed by atoms with Gasteiger partial charge in [0.1, 0.15) is 12.3 Å². The molecule has 0 unspecified atom stereocenters. The second kappa shape index (κ2) is 10.1. The van der Waals surface area contributed by atoms with Crippen molar-refractivity contribution < 1.29 is 30.8 Å². The number of amides is 1. The van der Waals surface area contributed by atoms with E-state index in [4.69, 9.17) is 4.42 Å². The number of sulfonamides is 1. The van der Waals surface area contributed by atoms with Crippen LogP contribution in [0.4, 0.5) is 18.9 Å². The molecule has 1 aromatic heterocycles. The molecule has 0 saturated heterocycles. The van der Waals surface area contributed by atoms with E-state index < -0.39 is 34.2 Å². The molecule has 0 bridgehead atoms. The number of anilines is 1. The monoisotopic (exact) mass is 450 g/mol. The molecule has 0 aliphatic carbocycles. The van der Waals surface area contributed by atoms with Crippen LogP contribution in [0.25, 0.3) is 0 Å². The molecule has 11 heteroatoms. The van der Waals surface area contributed by atoms with E-state index in [0.717, 1.165) is 29.9 Å². The Kier molecular flexibility index (Phi) is 8.03. The summed E-state index contributed by atoms with van der Waals surface area (Å²) in [5.74, 6) is 1.72. The van der Waals surface area contributed by atoms with Gasteiger partial charge in [0.05, 0.1) is 29.5 Å². The van der Waals surface area contributed by atoms with Gasteiger partial charge >= 0.3 is 6.18 Å². The zero-order chi connectivity index (χ0) is 21.5. The molecule has 160 valence electrons. The van der Waals surface area contributed by atoms with Gasteiger partial charge in [0.15, 0.2) is 0 Å². The van der Waals surface area contributed by atoms with Crippen LogP contribution in [0.1, 0.15) is 17.7 Å². The lowest BCUT2D eigenvalue weighted by atomic mass is 10.2. The highest BCUT2D eigenvalue weighted by atomic mass is 32.2. The minimum Gasteiger partial charge on any atom is -0.468 e. The molecule has 0 atom stereocenters. The lowest BCUT2D eigenvalue weighted by Gasteiger charge is -2.22. The van der Waals surface area contributed by atoms with Gasteiger partial charge in [0, 0.05) is 6.54 Å². The van der Waals surface area contributed by atoms with E-state index in [9.17, 15) is 26.4 Å². The zero-order valence-corrected chi connectivity index (χ0v) is 17.2. The van der Waals surface area contributed by atoms with Crippen LogP contribution in [0.15, 0.2) is 47.1 Å². The molecule has 0 saturated carbocycles. The van der Waals surface area contributed by atoms with Crippen molar-refractivity contribution in [1.29, 1.82) is 0 Å². The third-order valence-electron chi connectivity index (χ3n) is 3.76. The highest BCUT2D eigenvalue weighted by molar-refractivity contribution is 7.98. The maximum atomic E-state index is 12.9. The summed E-state index contributed by atoms with van der Waals surface area (Å²) in [6, 6.07) is 7.53. The van der Waals surface area contributed by atoms with Gasteiger partial charge in [0.25, 0.3) is 0 Å². The first-order valence-electron chi connectivity index (χ1n) is 8.59. The lowest BCUT2D eigenvalue weighted by molar-refractivity contribution is -0.137. The van der Waals surface area contributed by atoms with Crippen LogP contribution in [0.2, 0.25) is 0 Å². The van der Waals surface area contributed by atoms with Crippen molar-refractivity contribution in [2.75, 3.05) is 29.4 Å². The number of rotatable bonds is 10. The van der Waals surface area contributed by atoms with Gasteiger partial charge in [-0.3, -0.25) is 9.10 Å². The Hall–Kier alpha value is -2.14. The number of alkyl halides is 3. The van der Waals surface area contributed by atoms with E-state index in [1.807, 2.05) is 6.07 Å². The largest absolute Gasteiger partial charge is 0.468 e. The second-order valence-corrected chi connectivity index (χ2v) is 9.17. The fourth-order valence-corrected chi connectivity index (χ4v) is 4.10. The molecule has 2 rings (SSSR count). The smallest absolute Gasteiger partial charge is 0.416 e. The molecule has 0 fully saturated rings. The van der Waals surface area contributed by atoms with Crippen molar-refractivity contribution in [2.24, 2.45) is 0 Å². The first-order chi connectivity index (χ1) is 13.6. The molecule has 0 radical (unpaired) electrons. The van der Waals surface area contributed by atoms with Crippen LogP contribution in [-0.2, 0) is 26.7 Å². The molecule has 1 amide bonds. The number of hydrogen-bond acceptors (Lipinski definition) is 5. The van der Waals surface area contributed by atoms with Crippen molar-refractivity contribution in [3.8, 4) is 0 Å². The van der Waals surface area contributed by atoms with Crippen LogP contribution in [0.5, 0.6) is 0 Å². The Balaban J connectivity index is 1.87. The van der Waals surface area contributed by atoms with Crippen molar-refractivity contribution in [2.45, 2.75) is 18.3 Å². The molecule has 2 aromatic rings. The zero-order valence-electron chi connectivity index (χ0n) is 15.6. The lowest BCUT2D eigenvalue weighted by Crippen LogP contribution is -2.40. The average Bonchev–Trinajstić information content (AvgIpc) is 3.14. The summed E-state index contributed by atoms with van der Waals surface area (Å²) in [6.45, 7) is -0.274. The van der Waals surface area contributed by atoms with Crippen LogP contribution >= 0.6 is 11.8 Å². The van der Waals surface area contributed by atoms with Crippen molar-refractivity contribution in [1.82, 2.24) is 5.32 Å². The van der Waals surface area contributed by atoms with Gasteiger partial charge in [-0.15, -0.1) is 0 Å². The maximum Gasteiger partial charge on any atom is 0.416 e. The third-order valence-corrected chi connectivity index (χ3v) is 5.97. The van der Waals surface area contributed by atoms with Gasteiger partial charge in [-0.1, -0.05) is 6.07 Å². The SMILES string of the molecule is CS(=O)(=O)N(CC(=O)NCCCSCc1ccco1)c1cccc(C(F)(F)F)c1. The number of thioether (sulfide) groups is 1. The number of halogens is 3. The molecule has 1 heterocycles. The highest BCUT2D eigenvalue weighted by Crippen LogP contribution is 2.32. The van der Waals surface area contributed by atoms with Gasteiger partial charge in [0.2, 0.25) is 15.9 Å². The predicted octanol–water partition coefficient (Wildman–Crippen LogP) is 3.50. The second-order valence-electron chi connectivity index (χ2n) is 6.15. The average molecular weight is 451 g/mol. The Labute approximate surface area is 171 Å². The van der Waals surface area contributed by atoms with E-state index >= 15 is 0 Å². The van der Waals surface area contributed by atoms with Gasteiger partial charge in [-0.25, -0.2) is 8.42 Å². The first-order valence-corrected chi connectivity index (χ1v) is 11.6. The molecule has 0 aliphatic heterocycles. The topological polar surface area (TPSA) is 79.6 Å². The van der Waals surface area contributed by atoms with E-state index in [1.165, 1.54) is 6.07 Å². The maximum absolute atomic E-state index is 12.9. The Morgan fingerprint density at radius 1 is 1.24 bits per heavy atom. The molecular formula is C18H21F3N2O4S2. The quantitative estimate of drug-likeness (QED) is 0.561. The molecule has 29 heavy (non-hydrogen) atoms. The molecule has 0 aliphatic rings. The van der Waals surface area contributed by atoms with E-state index in [0.29, 0.717) is 29.1 Å². The number of carbonyl (C=O) groups excluding carboxylic acids is 1. The fraction of sp³-hybridized carbons (Fsp3) is 0.389. The summed E-state index contributed by atoms with van der Waals surface area (Å²) in [5, 5.41) is 2.59. The molecular weight excluding hydrogens is 429 g/mol. The standard InChI is InChI=1S/C18H21F3N2O4S2/c1-29(25,26)23(15-6-2-5-14(11-15)18(19,20)21)12-17(24)22-8-4-10-28-13-16-7-3-9-27-16/h2-3,5-7,9,11H,4,8,10,12-13H2,1H3,(H,22,24). The Bertz CT molecular complexity index is 900. The summed E-state index contributed by atoms with van der Waals surface area (Å²) in [5.41, 5.74) is -1.20. The summed E-state index contributed by atoms with van der Waals surface area (Å²) < 4.78 is 68.6. The number of nitrogens with one attached hydrogen (secondary N) is 1. The number of benzene rings is 1. The summed E-state index contributed by atoms with van der Waals surface area (Å²) in [6.07, 6.45) is -1.53. The van der Waals surface area contributed by atoms with Crippen LogP contribution in [0, 0.1) is 0 Å². The minimum absolute atomic E-state index is 0.216. The number of furan rings is 1. The summed E-state index contributed by atoms with van der Waals surface area (Å²) in [7, 11) is -3.95. The summed E-state index contributed by atoms with van der Waals surface area (Å²) in [4.78, 5) is 12.1. The first kappa shape index (κ1) is 23.1. The van der Waals surface area contributed by atoms with Crippen LogP contribution < -0.4 is 9.62 Å². The van der Waals surface area contributed by atoms with Gasteiger partial charge < -0.3 is 9.73 Å². The molecule has 1 N–H and O–H groups in total. The third kappa shape index (κ3) is 7.65. The van der Waals surface area contributed by atoms with E-state index in [-0.39, 0.29) is 5.69 Å². The highest BCUT2D eigenvalue weighted by Gasteiger charge is 2.31.